The van der Waals surface area contributed by atoms with Crippen LogP contribution in [0.4, 0.5) is 4.39 Å². The van der Waals surface area contributed by atoms with Crippen LogP contribution in [-0.2, 0) is 0 Å². The summed E-state index contributed by atoms with van der Waals surface area (Å²) in [7, 11) is 0. The fourth-order valence-electron chi connectivity index (χ4n) is 1.25. The number of amides is 1. The summed E-state index contributed by atoms with van der Waals surface area (Å²) in [4.78, 5) is 11.4. The van der Waals surface area contributed by atoms with Crippen LogP contribution in [-0.4, -0.2) is 24.2 Å². The van der Waals surface area contributed by atoms with E-state index in [1.807, 2.05) is 0 Å². The van der Waals surface area contributed by atoms with Crippen LogP contribution in [0.25, 0.3) is 0 Å². The van der Waals surface area contributed by atoms with Crippen molar-refractivity contribution in [2.45, 2.75) is 13.3 Å². The van der Waals surface area contributed by atoms with Crippen molar-refractivity contribution in [3.05, 3.63) is 35.1 Å². The monoisotopic (exact) mass is 235 g/mol. The largest absolute Gasteiger partial charge is 0.395 e. The third-order valence-corrected chi connectivity index (χ3v) is 2.02. The second-order valence-corrected chi connectivity index (χ2v) is 3.33. The van der Waals surface area contributed by atoms with Crippen LogP contribution < -0.4 is 5.32 Å². The lowest BCUT2D eigenvalue weighted by Crippen LogP contribution is -2.23. The fraction of sp³-hybridized carbons (Fsp3) is 0.308. The summed E-state index contributed by atoms with van der Waals surface area (Å²) in [5.74, 6) is 4.37. The molecule has 2 N–H and O–H groups in total. The zero-order chi connectivity index (χ0) is 12.7. The van der Waals surface area contributed by atoms with E-state index in [1.165, 1.54) is 12.1 Å². The maximum atomic E-state index is 13.6. The second kappa shape index (κ2) is 6.66. The molecule has 4 heteroatoms. The molecule has 0 bridgehead atoms. The first kappa shape index (κ1) is 13.2. The fourth-order valence-corrected chi connectivity index (χ4v) is 1.25. The Morgan fingerprint density at radius 3 is 2.88 bits per heavy atom. The van der Waals surface area contributed by atoms with Crippen molar-refractivity contribution in [2.24, 2.45) is 0 Å². The van der Waals surface area contributed by atoms with E-state index in [1.54, 1.807) is 13.0 Å². The highest BCUT2D eigenvalue weighted by atomic mass is 19.1. The van der Waals surface area contributed by atoms with Crippen molar-refractivity contribution >= 4 is 5.91 Å². The Kier molecular flexibility index (Phi) is 5.18. The molecule has 0 spiro atoms. The molecule has 0 fully saturated rings. The van der Waals surface area contributed by atoms with E-state index >= 15 is 0 Å². The van der Waals surface area contributed by atoms with Gasteiger partial charge >= 0.3 is 0 Å². The molecule has 0 atom stereocenters. The Morgan fingerprint density at radius 2 is 2.29 bits per heavy atom. The van der Waals surface area contributed by atoms with E-state index in [4.69, 9.17) is 5.11 Å². The van der Waals surface area contributed by atoms with E-state index in [0.717, 1.165) is 0 Å². The van der Waals surface area contributed by atoms with Gasteiger partial charge in [-0.1, -0.05) is 11.8 Å². The van der Waals surface area contributed by atoms with Crippen LogP contribution >= 0.6 is 0 Å². The molecule has 1 rings (SSSR count). The summed E-state index contributed by atoms with van der Waals surface area (Å²) >= 11 is 0. The summed E-state index contributed by atoms with van der Waals surface area (Å²) in [6.07, 6.45) is 0.347. The highest BCUT2D eigenvalue weighted by Gasteiger charge is 2.10. The summed E-state index contributed by atoms with van der Waals surface area (Å²) < 4.78 is 13.6. The number of aliphatic hydroxyl groups is 1. The van der Waals surface area contributed by atoms with Gasteiger partial charge < -0.3 is 10.4 Å². The number of carbonyl (C=O) groups is 1. The zero-order valence-electron chi connectivity index (χ0n) is 9.59. The Hall–Kier alpha value is -1.86. The number of hydrogen-bond acceptors (Lipinski definition) is 2. The topological polar surface area (TPSA) is 49.3 Å². The third-order valence-electron chi connectivity index (χ3n) is 2.02. The second-order valence-electron chi connectivity index (χ2n) is 3.33. The van der Waals surface area contributed by atoms with Gasteiger partial charge in [0.15, 0.2) is 0 Å². The minimum Gasteiger partial charge on any atom is -0.395 e. The molecule has 0 saturated carbocycles. The number of halogens is 1. The van der Waals surface area contributed by atoms with Crippen molar-refractivity contribution in [1.82, 2.24) is 5.32 Å². The lowest BCUT2D eigenvalue weighted by Gasteiger charge is -2.03. The molecule has 0 saturated heterocycles. The van der Waals surface area contributed by atoms with Gasteiger partial charge in [-0.3, -0.25) is 4.79 Å². The van der Waals surface area contributed by atoms with Gasteiger partial charge in [0.1, 0.15) is 5.82 Å². The van der Waals surface area contributed by atoms with Crippen LogP contribution in [0.1, 0.15) is 29.3 Å². The first-order valence-corrected chi connectivity index (χ1v) is 5.36. The van der Waals surface area contributed by atoms with E-state index in [9.17, 15) is 9.18 Å². The van der Waals surface area contributed by atoms with Gasteiger partial charge in [0.2, 0.25) is 0 Å². The van der Waals surface area contributed by atoms with Crippen LogP contribution in [0.15, 0.2) is 18.2 Å². The van der Waals surface area contributed by atoms with Gasteiger partial charge in [0.25, 0.3) is 5.91 Å². The van der Waals surface area contributed by atoms with Crippen molar-refractivity contribution in [3.63, 3.8) is 0 Å². The van der Waals surface area contributed by atoms with Gasteiger partial charge in [-0.05, 0) is 25.1 Å². The van der Waals surface area contributed by atoms with Gasteiger partial charge in [-0.2, -0.15) is 0 Å². The van der Waals surface area contributed by atoms with Crippen LogP contribution in [0.5, 0.6) is 0 Å². The Balaban J connectivity index is 2.87. The molecule has 1 aromatic carbocycles. The van der Waals surface area contributed by atoms with E-state index < -0.39 is 11.7 Å². The zero-order valence-corrected chi connectivity index (χ0v) is 9.59. The highest BCUT2D eigenvalue weighted by molar-refractivity contribution is 5.94. The first-order chi connectivity index (χ1) is 8.19. The molecular weight excluding hydrogens is 221 g/mol. The predicted molar refractivity (Wildman–Crippen MR) is 63.0 cm³/mol. The van der Waals surface area contributed by atoms with Crippen LogP contribution in [0.3, 0.4) is 0 Å². The van der Waals surface area contributed by atoms with Crippen molar-refractivity contribution in [3.8, 4) is 11.8 Å². The average Bonchev–Trinajstić information content (AvgIpc) is 2.29. The number of hydrogen-bond donors (Lipinski definition) is 2. The standard InChI is InChI=1S/C13H14FNO2/c1-2-15-13(17)11-7-6-10(9-12(11)14)5-3-4-8-16/h6-7,9,16H,2,4,8H2,1H3,(H,15,17). The molecule has 3 nitrogen and oxygen atoms in total. The molecule has 0 unspecified atom stereocenters. The molecule has 1 aromatic rings. The molecule has 0 heterocycles. The van der Waals surface area contributed by atoms with Gasteiger partial charge in [-0.25, -0.2) is 4.39 Å². The molecule has 0 aliphatic rings. The SMILES string of the molecule is CCNC(=O)c1ccc(C#CCCO)cc1F. The maximum absolute atomic E-state index is 13.6. The van der Waals surface area contributed by atoms with Crippen LogP contribution in [0.2, 0.25) is 0 Å². The Labute approximate surface area is 99.7 Å². The smallest absolute Gasteiger partial charge is 0.254 e. The summed E-state index contributed by atoms with van der Waals surface area (Å²) in [6, 6.07) is 4.20. The average molecular weight is 235 g/mol. The molecule has 0 aromatic heterocycles. The van der Waals surface area contributed by atoms with Crippen LogP contribution in [0, 0.1) is 17.7 Å². The quantitative estimate of drug-likeness (QED) is 0.776. The number of carbonyl (C=O) groups excluding carboxylic acids is 1. The van der Waals surface area contributed by atoms with Gasteiger partial charge in [-0.15, -0.1) is 0 Å². The number of benzene rings is 1. The first-order valence-electron chi connectivity index (χ1n) is 5.36. The molecule has 90 valence electrons. The molecule has 17 heavy (non-hydrogen) atoms. The van der Waals surface area contributed by atoms with Crippen molar-refractivity contribution in [2.75, 3.05) is 13.2 Å². The lowest BCUT2D eigenvalue weighted by molar-refractivity contribution is 0.0952. The number of nitrogens with one attached hydrogen (secondary N) is 1. The maximum Gasteiger partial charge on any atom is 0.254 e. The molecule has 0 aliphatic heterocycles. The third kappa shape index (κ3) is 3.89. The molecule has 1 amide bonds. The predicted octanol–water partition coefficient (Wildman–Crippen LogP) is 1.31. The summed E-state index contributed by atoms with van der Waals surface area (Å²) in [6.45, 7) is 2.20. The Morgan fingerprint density at radius 1 is 1.53 bits per heavy atom. The molecule has 0 radical (unpaired) electrons. The number of rotatable bonds is 3. The Bertz CT molecular complexity index is 460. The molecule has 0 aliphatic carbocycles. The van der Waals surface area contributed by atoms with Gasteiger partial charge in [0, 0.05) is 18.5 Å². The van der Waals surface area contributed by atoms with E-state index in [2.05, 4.69) is 17.2 Å². The minimum absolute atomic E-state index is 0.0135. The highest BCUT2D eigenvalue weighted by Crippen LogP contribution is 2.09. The van der Waals surface area contributed by atoms with Gasteiger partial charge in [0.05, 0.1) is 12.2 Å². The van der Waals surface area contributed by atoms with Crippen molar-refractivity contribution < 1.29 is 14.3 Å². The lowest BCUT2D eigenvalue weighted by atomic mass is 10.1. The summed E-state index contributed by atoms with van der Waals surface area (Å²) in [5, 5.41) is 11.1. The van der Waals surface area contributed by atoms with Crippen molar-refractivity contribution in [1.29, 1.82) is 0 Å². The molecular formula is C13H14FNO2. The number of aliphatic hydroxyl groups excluding tert-OH is 1. The van der Waals surface area contributed by atoms with E-state index in [-0.39, 0.29) is 12.2 Å². The summed E-state index contributed by atoms with van der Waals surface area (Å²) in [5.41, 5.74) is 0.503. The van der Waals surface area contributed by atoms with E-state index in [0.29, 0.717) is 18.5 Å². The normalized spacial score (nSPS) is 9.35. The minimum atomic E-state index is -0.591.